The first kappa shape index (κ1) is 90.0. The van der Waals surface area contributed by atoms with E-state index in [9.17, 15) is 52.2 Å². The van der Waals surface area contributed by atoms with Gasteiger partial charge in [-0.05, 0) is 159 Å². The molecule has 8 aliphatic rings. The molecule has 8 fully saturated rings. The summed E-state index contributed by atoms with van der Waals surface area (Å²) in [4.78, 5) is 114. The Labute approximate surface area is 757 Å². The minimum absolute atomic E-state index is 0.0145. The molecule has 25 nitrogen and oxygen atoms in total. The van der Waals surface area contributed by atoms with Crippen LogP contribution in [-0.2, 0) is 49.9 Å². The fourth-order valence-corrected chi connectivity index (χ4v) is 20.9. The van der Waals surface area contributed by atoms with Crippen molar-refractivity contribution in [2.75, 3.05) is 106 Å². The number of carbonyl (C=O) groups excluding carboxylic acids is 7. The Morgan fingerprint density at radius 3 is 1.23 bits per heavy atom. The van der Waals surface area contributed by atoms with Gasteiger partial charge in [-0.2, -0.15) is 4.31 Å². The fraction of sp³-hybridized carbons (Fsp3) is 0.308. The molecule has 8 saturated heterocycles. The van der Waals surface area contributed by atoms with E-state index >= 15 is 0 Å². The van der Waals surface area contributed by atoms with Crippen molar-refractivity contribution in [1.82, 2.24) is 53.6 Å². The zero-order valence-electron chi connectivity index (χ0n) is 73.6. The predicted molar refractivity (Wildman–Crippen MR) is 493 cm³/mol. The molecular weight excluding hydrogens is 1660 g/mol. The van der Waals surface area contributed by atoms with Crippen LogP contribution in [0.25, 0.3) is 33.4 Å². The topological polar surface area (TPSA) is 286 Å². The number of rotatable bonds is 19. The van der Waals surface area contributed by atoms with E-state index < -0.39 is 10.0 Å². The van der Waals surface area contributed by atoms with Crippen molar-refractivity contribution < 1.29 is 66.4 Å². The van der Waals surface area contributed by atoms with Gasteiger partial charge in [0.25, 0.3) is 11.8 Å². The molecule has 666 valence electrons. The summed E-state index contributed by atoms with van der Waals surface area (Å²) in [5, 5.41) is 20.1. The lowest BCUT2D eigenvalue weighted by atomic mass is 9.73. The zero-order chi connectivity index (χ0) is 91.0. The number of amides is 7. The number of sulfonamides is 1. The number of pyridine rings is 3. The standard InChI is InChI=1S/C29H27N3O4.C27H27N3O3.C26H25N3O3.C22H26N2O4S/c1-36-24-6-2-4-21(14-24)8-7-20-9-11-23(12-10-20)29-25-17-31(18-28(35)32(25)26(29)19-33)27(34)15-22-5-3-13-30-16-22;1-18-5-3-4-6-22(18)19-7-9-20(10-8-19)26-23-15-29(27(32)21-11-13-28-14-12-21)16-25(31)30(23)24(26)17-33-2;1-17-5-2-3-7-21(17)18-8-10-19(11-9-18)25-22-14-28(15-24(31)29(22)23(25)16-30)26(32)20-6-4-12-27-13-20;1-15-6-4-5-7-18(15)16-8-10-17(11-9-16)22-19-12-23(29(3,26)27)13-21(25)24(19)20(22)14-28-2/h2-6,9-14,16,25-26,29,33H,15,17-19H2,1H3;3-14,23-24,26H,15-17H2,1-2H3;2-13,22-23,25,30H,14-16H2,1H3;4-11,19-20,22H,12-14H2,1-3H3/t25-,26-,29-;23-,24+,26-;22-,23-,25-;19-,20+,22-/m0110/s1. The van der Waals surface area contributed by atoms with Gasteiger partial charge in [0.1, 0.15) is 18.8 Å². The van der Waals surface area contributed by atoms with E-state index in [1.165, 1.54) is 55.0 Å². The van der Waals surface area contributed by atoms with Crippen LogP contribution >= 0.6 is 0 Å². The number of fused-ring (bicyclic) bond motifs is 4. The van der Waals surface area contributed by atoms with Crippen molar-refractivity contribution in [2.45, 2.75) is 99.2 Å². The van der Waals surface area contributed by atoms with Crippen LogP contribution in [-0.4, -0.2) is 268 Å². The third-order valence-electron chi connectivity index (χ3n) is 26.6. The molecule has 11 heterocycles. The summed E-state index contributed by atoms with van der Waals surface area (Å²) in [7, 11) is 1.51. The van der Waals surface area contributed by atoms with Gasteiger partial charge in [0.2, 0.25) is 39.6 Å². The molecular formula is C104H105N11O14S. The van der Waals surface area contributed by atoms with Gasteiger partial charge in [-0.3, -0.25) is 48.5 Å². The zero-order valence-corrected chi connectivity index (χ0v) is 74.5. The SMILES string of the molecule is COC[C@@H]1[C@@H](c2ccc(-c3ccccc3C)cc2)[C@@H]2CN(S(C)(=O)=O)CC(=O)N12.COC[C@H]1[C@H](c2ccc(-c3ccccc3C)cc2)[C@H]2CN(C(=O)c3ccncc3)CC(=O)N21.COc1cccc(C#Cc2ccc([C@@H]3[C@H](CO)N4C(=O)CN(C(=O)Cc5cccnc5)C[C@@H]34)cc2)c1.Cc1ccccc1-c1ccc([C@H]2[C@@H](CO)N3C(=O)CN(C(=O)c4cccnc4)C[C@H]23)cc1. The van der Waals surface area contributed by atoms with Gasteiger partial charge in [-0.25, -0.2) is 8.42 Å². The number of aliphatic hydroxyl groups excluding tert-OH is 2. The van der Waals surface area contributed by atoms with E-state index in [1.807, 2.05) is 94.7 Å². The van der Waals surface area contributed by atoms with Crippen LogP contribution in [0.5, 0.6) is 5.75 Å². The van der Waals surface area contributed by atoms with E-state index in [4.69, 9.17) is 14.2 Å². The summed E-state index contributed by atoms with van der Waals surface area (Å²) in [6.45, 7) is 8.81. The molecule has 0 bridgehead atoms. The number of aromatic nitrogens is 3. The quantitative estimate of drug-likeness (QED) is 0.0711. The molecule has 7 amide bonds. The van der Waals surface area contributed by atoms with Gasteiger partial charge in [0.15, 0.2) is 0 Å². The Morgan fingerprint density at radius 1 is 0.408 bits per heavy atom. The number of hydrogen-bond donors (Lipinski definition) is 2. The number of ether oxygens (including phenoxy) is 3. The Bertz CT molecular complexity index is 6130. The minimum Gasteiger partial charge on any atom is -0.497 e. The maximum Gasteiger partial charge on any atom is 0.255 e. The lowest BCUT2D eigenvalue weighted by molar-refractivity contribution is -0.166. The third-order valence-corrected chi connectivity index (χ3v) is 27.8. The Morgan fingerprint density at radius 2 is 0.808 bits per heavy atom. The minimum atomic E-state index is -3.41. The molecule has 0 spiro atoms. The van der Waals surface area contributed by atoms with Gasteiger partial charge < -0.3 is 58.7 Å². The largest absolute Gasteiger partial charge is 0.497 e. The highest BCUT2D eigenvalue weighted by atomic mass is 32.2. The first-order chi connectivity index (χ1) is 63.0. The van der Waals surface area contributed by atoms with E-state index in [0.717, 1.165) is 56.5 Å². The van der Waals surface area contributed by atoms with Crippen LogP contribution in [0.3, 0.4) is 0 Å². The number of aryl methyl sites for hydroxylation is 3. The number of piperazine rings is 4. The molecule has 26 heteroatoms. The summed E-state index contributed by atoms with van der Waals surface area (Å²) in [6, 6.07) is 75.0. The molecule has 0 unspecified atom stereocenters. The van der Waals surface area contributed by atoms with E-state index in [-0.39, 0.29) is 159 Å². The van der Waals surface area contributed by atoms with Crippen molar-refractivity contribution in [1.29, 1.82) is 0 Å². The summed E-state index contributed by atoms with van der Waals surface area (Å²) in [5.41, 5.74) is 18.7. The molecule has 8 aromatic carbocycles. The first-order valence-electron chi connectivity index (χ1n) is 43.7. The summed E-state index contributed by atoms with van der Waals surface area (Å²) in [6.07, 6.45) is 11.1. The Hall–Kier alpha value is -13.4. The summed E-state index contributed by atoms with van der Waals surface area (Å²) >= 11 is 0. The summed E-state index contributed by atoms with van der Waals surface area (Å²) in [5.74, 6) is 6.36. The lowest BCUT2D eigenvalue weighted by Crippen LogP contribution is -2.73. The molecule has 3 aromatic heterocycles. The number of aliphatic hydroxyl groups is 2. The second-order valence-electron chi connectivity index (χ2n) is 34.3. The van der Waals surface area contributed by atoms with Gasteiger partial charge in [-0.15, -0.1) is 0 Å². The number of nitrogens with zero attached hydrogens (tertiary/aromatic N) is 11. The third kappa shape index (κ3) is 18.8. The normalized spacial score (nSPS) is 22.3. The molecule has 130 heavy (non-hydrogen) atoms. The molecule has 11 aromatic rings. The molecule has 0 saturated carbocycles. The van der Waals surface area contributed by atoms with Crippen LogP contribution in [0.1, 0.15) is 100 Å². The molecule has 2 N–H and O–H groups in total. The molecule has 8 aliphatic heterocycles. The second-order valence-corrected chi connectivity index (χ2v) is 36.2. The maximum atomic E-state index is 13.0. The monoisotopic (exact) mass is 1760 g/mol. The van der Waals surface area contributed by atoms with E-state index in [0.29, 0.717) is 50.5 Å². The van der Waals surface area contributed by atoms with Gasteiger partial charge >= 0.3 is 0 Å². The van der Waals surface area contributed by atoms with Gasteiger partial charge in [0.05, 0.1) is 113 Å². The average Bonchev–Trinajstić information content (AvgIpc) is 0.736. The summed E-state index contributed by atoms with van der Waals surface area (Å²) < 4.78 is 41.4. The smallest absolute Gasteiger partial charge is 0.255 e. The van der Waals surface area contributed by atoms with Crippen molar-refractivity contribution in [3.05, 3.63) is 334 Å². The van der Waals surface area contributed by atoms with Crippen LogP contribution < -0.4 is 4.74 Å². The highest BCUT2D eigenvalue weighted by molar-refractivity contribution is 7.88. The fourth-order valence-electron chi connectivity index (χ4n) is 20.1. The molecule has 19 rings (SSSR count). The van der Waals surface area contributed by atoms with E-state index in [2.05, 4.69) is 163 Å². The maximum absolute atomic E-state index is 13.0. The highest BCUT2D eigenvalue weighted by Crippen LogP contribution is 2.49. The molecule has 0 aliphatic carbocycles. The first-order valence-corrected chi connectivity index (χ1v) is 45.6. The average molecular weight is 1770 g/mol. The Kier molecular flexibility index (Phi) is 27.5. The number of methoxy groups -OCH3 is 3. The van der Waals surface area contributed by atoms with Crippen LogP contribution in [0.2, 0.25) is 0 Å². The molecule has 12 atom stereocenters. The molecule has 0 radical (unpaired) electrons. The second kappa shape index (κ2) is 39.7. The van der Waals surface area contributed by atoms with Crippen LogP contribution in [0.4, 0.5) is 0 Å². The number of carbonyl (C=O) groups is 7. The predicted octanol–water partition coefficient (Wildman–Crippen LogP) is 10.9. The van der Waals surface area contributed by atoms with Crippen molar-refractivity contribution >= 4 is 51.4 Å². The van der Waals surface area contributed by atoms with Crippen LogP contribution in [0, 0.1) is 32.6 Å². The van der Waals surface area contributed by atoms with E-state index in [1.54, 1.807) is 107 Å². The van der Waals surface area contributed by atoms with Crippen molar-refractivity contribution in [3.63, 3.8) is 0 Å². The van der Waals surface area contributed by atoms with Crippen molar-refractivity contribution in [3.8, 4) is 51.0 Å². The highest BCUT2D eigenvalue weighted by Gasteiger charge is 2.59. The lowest BCUT2D eigenvalue weighted by Gasteiger charge is -2.59. The van der Waals surface area contributed by atoms with Crippen molar-refractivity contribution in [2.24, 2.45) is 0 Å². The van der Waals surface area contributed by atoms with Crippen LogP contribution in [0.15, 0.2) is 268 Å². The Balaban J connectivity index is 0.000000127. The van der Waals surface area contributed by atoms with Gasteiger partial charge in [-0.1, -0.05) is 182 Å². The van der Waals surface area contributed by atoms with Gasteiger partial charge in [0, 0.05) is 118 Å². The number of benzene rings is 8. The number of hydrogen-bond acceptors (Lipinski definition) is 17.